The van der Waals surface area contributed by atoms with Crippen molar-refractivity contribution in [3.05, 3.63) is 29.3 Å². The van der Waals surface area contributed by atoms with E-state index in [-0.39, 0.29) is 25.4 Å². The zero-order valence-corrected chi connectivity index (χ0v) is 12.3. The van der Waals surface area contributed by atoms with Crippen LogP contribution in [0.15, 0.2) is 29.2 Å². The van der Waals surface area contributed by atoms with Gasteiger partial charge in [0.05, 0.1) is 11.6 Å². The molecule has 0 spiro atoms. The lowest BCUT2D eigenvalue weighted by molar-refractivity contribution is -0.143. The molecule has 0 saturated heterocycles. The Balaban J connectivity index is 2.47. The minimum Gasteiger partial charge on any atom is -0.480 e. The number of hydrogen-bond acceptors (Lipinski definition) is 3. The summed E-state index contributed by atoms with van der Waals surface area (Å²) in [5.74, 6) is 1.45. The lowest BCUT2D eigenvalue weighted by Crippen LogP contribution is -2.36. The highest BCUT2D eigenvalue weighted by Gasteiger charge is 2.15. The van der Waals surface area contributed by atoms with E-state index in [1.165, 1.54) is 11.8 Å². The normalized spacial score (nSPS) is 9.80. The van der Waals surface area contributed by atoms with Crippen LogP contribution in [-0.4, -0.2) is 40.7 Å². The predicted molar refractivity (Wildman–Crippen MR) is 79.8 cm³/mol. The number of thioether (sulfide) groups is 1. The number of halogens is 1. The van der Waals surface area contributed by atoms with E-state index < -0.39 is 5.97 Å². The van der Waals surface area contributed by atoms with Crippen LogP contribution in [0.4, 0.5) is 0 Å². The lowest BCUT2D eigenvalue weighted by Gasteiger charge is -2.17. The quantitative estimate of drug-likeness (QED) is 0.620. The van der Waals surface area contributed by atoms with Gasteiger partial charge in [-0.15, -0.1) is 18.2 Å². The molecule has 0 aromatic heterocycles. The highest BCUT2D eigenvalue weighted by Crippen LogP contribution is 2.26. The predicted octanol–water partition coefficient (Wildman–Crippen LogP) is 2.37. The summed E-state index contributed by atoms with van der Waals surface area (Å²) in [6.45, 7) is -0.373. The van der Waals surface area contributed by atoms with E-state index in [1.807, 2.05) is 18.2 Å². The number of carbonyl (C=O) groups is 2. The fraction of sp³-hybridized carbons (Fsp3) is 0.286. The number of carbonyl (C=O) groups excluding carboxylic acids is 1. The molecule has 0 aliphatic heterocycles. The first-order valence-corrected chi connectivity index (χ1v) is 7.21. The van der Waals surface area contributed by atoms with Crippen LogP contribution in [0, 0.1) is 12.3 Å². The molecule has 0 atom stereocenters. The van der Waals surface area contributed by atoms with Crippen LogP contribution in [0.1, 0.15) is 6.42 Å². The summed E-state index contributed by atoms with van der Waals surface area (Å²) in [5, 5.41) is 9.35. The molecule has 1 rings (SSSR count). The zero-order valence-electron chi connectivity index (χ0n) is 10.7. The Morgan fingerprint density at radius 3 is 2.70 bits per heavy atom. The first-order chi connectivity index (χ1) is 9.54. The molecule has 0 saturated carbocycles. The molecular weight excluding hydrogens is 298 g/mol. The highest BCUT2D eigenvalue weighted by molar-refractivity contribution is 7.99. The molecule has 1 aromatic carbocycles. The standard InChI is InChI=1S/C14H14ClNO3S/c1-2-8-16(10-14(18)19)13(17)7-9-20-12-6-4-3-5-11(12)15/h1,3-6H,7-10H2,(H,18,19). The Kier molecular flexibility index (Phi) is 6.99. The molecule has 1 amide bonds. The van der Waals surface area contributed by atoms with E-state index in [1.54, 1.807) is 6.07 Å². The van der Waals surface area contributed by atoms with Crippen LogP contribution < -0.4 is 0 Å². The van der Waals surface area contributed by atoms with Crippen LogP contribution in [0.5, 0.6) is 0 Å². The summed E-state index contributed by atoms with van der Waals surface area (Å²) >= 11 is 7.45. The van der Waals surface area contributed by atoms with Crippen molar-refractivity contribution in [3.8, 4) is 12.3 Å². The minimum atomic E-state index is -1.08. The first-order valence-electron chi connectivity index (χ1n) is 5.85. The van der Waals surface area contributed by atoms with Gasteiger partial charge in [0.15, 0.2) is 0 Å². The fourth-order valence-electron chi connectivity index (χ4n) is 1.47. The van der Waals surface area contributed by atoms with Crippen molar-refractivity contribution in [1.29, 1.82) is 0 Å². The average molecular weight is 312 g/mol. The van der Waals surface area contributed by atoms with Crippen LogP contribution in [0.2, 0.25) is 5.02 Å². The zero-order chi connectivity index (χ0) is 15.0. The molecule has 4 nitrogen and oxygen atoms in total. The maximum Gasteiger partial charge on any atom is 0.323 e. The third-order valence-electron chi connectivity index (χ3n) is 2.37. The molecule has 20 heavy (non-hydrogen) atoms. The summed E-state index contributed by atoms with van der Waals surface area (Å²) in [4.78, 5) is 24.5. The van der Waals surface area contributed by atoms with Gasteiger partial charge in [-0.3, -0.25) is 9.59 Å². The van der Waals surface area contributed by atoms with Crippen molar-refractivity contribution in [3.63, 3.8) is 0 Å². The molecule has 0 aliphatic rings. The maximum atomic E-state index is 11.9. The maximum absolute atomic E-state index is 11.9. The fourth-order valence-corrected chi connectivity index (χ4v) is 2.65. The monoisotopic (exact) mass is 311 g/mol. The second-order valence-electron chi connectivity index (χ2n) is 3.88. The first kappa shape index (κ1) is 16.4. The second-order valence-corrected chi connectivity index (χ2v) is 5.42. The number of rotatable bonds is 7. The van der Waals surface area contributed by atoms with Crippen molar-refractivity contribution < 1.29 is 14.7 Å². The summed E-state index contributed by atoms with van der Waals surface area (Å²) in [5.41, 5.74) is 0. The summed E-state index contributed by atoms with van der Waals surface area (Å²) in [7, 11) is 0. The van der Waals surface area contributed by atoms with E-state index in [9.17, 15) is 9.59 Å². The van der Waals surface area contributed by atoms with E-state index in [0.717, 1.165) is 9.80 Å². The molecule has 0 aliphatic carbocycles. The number of aliphatic carboxylic acids is 1. The smallest absolute Gasteiger partial charge is 0.323 e. The Morgan fingerprint density at radius 1 is 1.40 bits per heavy atom. The van der Waals surface area contributed by atoms with Gasteiger partial charge in [-0.1, -0.05) is 29.7 Å². The van der Waals surface area contributed by atoms with Crippen LogP contribution in [0.3, 0.4) is 0 Å². The SMILES string of the molecule is C#CCN(CC(=O)O)C(=O)CCSc1ccccc1Cl. The molecule has 1 N–H and O–H groups in total. The number of nitrogens with zero attached hydrogens (tertiary/aromatic N) is 1. The van der Waals surface area contributed by atoms with E-state index >= 15 is 0 Å². The van der Waals surface area contributed by atoms with E-state index in [2.05, 4.69) is 5.92 Å². The molecule has 0 heterocycles. The number of benzene rings is 1. The molecule has 6 heteroatoms. The van der Waals surface area contributed by atoms with Gasteiger partial charge in [0.2, 0.25) is 5.91 Å². The molecule has 0 radical (unpaired) electrons. The molecule has 0 bridgehead atoms. The minimum absolute atomic E-state index is 0.00188. The Bertz CT molecular complexity index is 527. The van der Waals surface area contributed by atoms with Crippen molar-refractivity contribution >= 4 is 35.2 Å². The Hall–Kier alpha value is -1.64. The van der Waals surface area contributed by atoms with Crippen molar-refractivity contribution in [2.75, 3.05) is 18.8 Å². The van der Waals surface area contributed by atoms with Crippen LogP contribution in [0.25, 0.3) is 0 Å². The van der Waals surface area contributed by atoms with Gasteiger partial charge in [0.1, 0.15) is 6.54 Å². The molecule has 0 unspecified atom stereocenters. The number of hydrogen-bond donors (Lipinski definition) is 1. The third-order valence-corrected chi connectivity index (χ3v) is 3.89. The summed E-state index contributed by atoms with van der Waals surface area (Å²) in [6.07, 6.45) is 5.34. The van der Waals surface area contributed by atoms with Crippen LogP contribution in [-0.2, 0) is 9.59 Å². The van der Waals surface area contributed by atoms with Crippen LogP contribution >= 0.6 is 23.4 Å². The summed E-state index contributed by atoms with van der Waals surface area (Å²) < 4.78 is 0. The highest BCUT2D eigenvalue weighted by atomic mass is 35.5. The van der Waals surface area contributed by atoms with Gasteiger partial charge < -0.3 is 10.0 Å². The topological polar surface area (TPSA) is 57.6 Å². The number of amides is 1. The second kappa shape index (κ2) is 8.51. The van der Waals surface area contributed by atoms with Gasteiger partial charge in [0, 0.05) is 17.1 Å². The lowest BCUT2D eigenvalue weighted by atomic mass is 10.3. The molecule has 106 valence electrons. The van der Waals surface area contributed by atoms with Gasteiger partial charge in [-0.2, -0.15) is 0 Å². The number of carboxylic acids is 1. The van der Waals surface area contributed by atoms with Crippen molar-refractivity contribution in [2.45, 2.75) is 11.3 Å². The van der Waals surface area contributed by atoms with Gasteiger partial charge in [-0.25, -0.2) is 0 Å². The average Bonchev–Trinajstić information content (AvgIpc) is 2.40. The number of terminal acetylenes is 1. The summed E-state index contributed by atoms with van der Waals surface area (Å²) in [6, 6.07) is 7.35. The van der Waals surface area contributed by atoms with Gasteiger partial charge in [0.25, 0.3) is 0 Å². The van der Waals surface area contributed by atoms with Crippen molar-refractivity contribution in [1.82, 2.24) is 4.90 Å². The molecule has 0 fully saturated rings. The van der Waals surface area contributed by atoms with E-state index in [4.69, 9.17) is 23.1 Å². The van der Waals surface area contributed by atoms with Gasteiger partial charge >= 0.3 is 5.97 Å². The largest absolute Gasteiger partial charge is 0.480 e. The third kappa shape index (κ3) is 5.55. The van der Waals surface area contributed by atoms with Gasteiger partial charge in [-0.05, 0) is 12.1 Å². The number of carboxylic acid groups (broad SMARTS) is 1. The Labute approximate surface area is 127 Å². The van der Waals surface area contributed by atoms with E-state index in [0.29, 0.717) is 10.8 Å². The Morgan fingerprint density at radius 2 is 2.10 bits per heavy atom. The van der Waals surface area contributed by atoms with Crippen molar-refractivity contribution in [2.24, 2.45) is 0 Å². The molecular formula is C14H14ClNO3S. The molecule has 1 aromatic rings.